The Hall–Kier alpha value is -4.28. The normalized spacial score (nSPS) is 12.6. The van der Waals surface area contributed by atoms with Gasteiger partial charge in [-0.3, -0.25) is 4.79 Å². The second-order valence-electron chi connectivity index (χ2n) is 8.79. The molecule has 3 N–H and O–H groups in total. The van der Waals surface area contributed by atoms with E-state index in [1.807, 2.05) is 12.1 Å². The van der Waals surface area contributed by atoms with Crippen molar-refractivity contribution in [2.45, 2.75) is 13.0 Å². The van der Waals surface area contributed by atoms with Gasteiger partial charge in [-0.15, -0.1) is 0 Å². The maximum absolute atomic E-state index is 15.3. The highest BCUT2D eigenvalue weighted by Crippen LogP contribution is 2.45. The molecule has 0 unspecified atom stereocenters. The van der Waals surface area contributed by atoms with Gasteiger partial charge in [-0.25, -0.2) is 19.2 Å². The number of hydrogen-bond donors (Lipinski definition) is 2. The summed E-state index contributed by atoms with van der Waals surface area (Å²) in [5.74, 6) is -0.883. The number of halogens is 2. The highest BCUT2D eigenvalue weighted by molar-refractivity contribution is 6.30. The molecule has 192 valence electrons. The first-order chi connectivity index (χ1) is 18.5. The molecule has 0 fully saturated rings. The molecule has 4 aromatic heterocycles. The molecule has 0 spiro atoms. The van der Waals surface area contributed by atoms with Gasteiger partial charge in [0.05, 0.1) is 29.6 Å². The average molecular weight is 534 g/mol. The Morgan fingerprint density at radius 1 is 1.29 bits per heavy atom. The molecule has 0 radical (unpaired) electrons. The smallest absolute Gasteiger partial charge is 0.355 e. The zero-order chi connectivity index (χ0) is 26.4. The van der Waals surface area contributed by atoms with Crippen molar-refractivity contribution in [1.29, 1.82) is 0 Å². The van der Waals surface area contributed by atoms with Crippen LogP contribution in [0.2, 0.25) is 5.15 Å². The van der Waals surface area contributed by atoms with Crippen molar-refractivity contribution in [2.24, 2.45) is 5.73 Å². The number of nitrogens with two attached hydrogens (primary N) is 1. The number of rotatable bonds is 6. The van der Waals surface area contributed by atoms with Crippen LogP contribution in [-0.4, -0.2) is 45.2 Å². The summed E-state index contributed by atoms with van der Waals surface area (Å²) >= 11 is 6.54. The van der Waals surface area contributed by atoms with E-state index < -0.39 is 17.3 Å². The number of nitrogens with zero attached hydrogens (tertiary/aromatic N) is 3. The molecule has 1 aliphatic rings. The Bertz CT molecular complexity index is 1800. The van der Waals surface area contributed by atoms with Gasteiger partial charge in [-0.2, -0.15) is 0 Å². The van der Waals surface area contributed by atoms with Crippen molar-refractivity contribution in [3.8, 4) is 16.9 Å². The number of benzene rings is 1. The maximum Gasteiger partial charge on any atom is 0.355 e. The monoisotopic (exact) mass is 533 g/mol. The summed E-state index contributed by atoms with van der Waals surface area (Å²) in [6.07, 6.45) is 3.48. The highest BCUT2D eigenvalue weighted by atomic mass is 35.5. The van der Waals surface area contributed by atoms with Crippen molar-refractivity contribution in [3.05, 3.63) is 86.9 Å². The molecule has 5 heterocycles. The van der Waals surface area contributed by atoms with Crippen molar-refractivity contribution in [3.63, 3.8) is 0 Å². The number of nitrogens with one attached hydrogen (secondary N) is 1. The van der Waals surface area contributed by atoms with Gasteiger partial charge < -0.3 is 24.8 Å². The number of H-pyrrole nitrogens is 1. The lowest BCUT2D eigenvalue weighted by atomic mass is 10.00. The van der Waals surface area contributed by atoms with Crippen molar-refractivity contribution >= 4 is 39.5 Å². The van der Waals surface area contributed by atoms with E-state index in [0.717, 1.165) is 5.39 Å². The number of fused-ring (bicyclic) bond motifs is 4. The van der Waals surface area contributed by atoms with E-state index in [9.17, 15) is 9.59 Å². The summed E-state index contributed by atoms with van der Waals surface area (Å²) in [6.45, 7) is 0.371. The second kappa shape index (κ2) is 9.55. The predicted molar refractivity (Wildman–Crippen MR) is 140 cm³/mol. The van der Waals surface area contributed by atoms with E-state index in [0.29, 0.717) is 39.8 Å². The second-order valence-corrected chi connectivity index (χ2v) is 9.15. The van der Waals surface area contributed by atoms with Gasteiger partial charge in [-0.1, -0.05) is 11.6 Å². The minimum absolute atomic E-state index is 0.0309. The molecule has 1 aliphatic heterocycles. The number of aromatic amines is 1. The van der Waals surface area contributed by atoms with E-state index >= 15 is 4.39 Å². The fourth-order valence-corrected chi connectivity index (χ4v) is 5.11. The minimum atomic E-state index is -0.719. The topological polar surface area (TPSA) is 125 Å². The number of carbonyl (C=O) groups is 1. The molecule has 11 heteroatoms. The third-order valence-electron chi connectivity index (χ3n) is 6.53. The van der Waals surface area contributed by atoms with Crippen LogP contribution in [0.4, 0.5) is 4.39 Å². The molecule has 0 atom stereocenters. The summed E-state index contributed by atoms with van der Waals surface area (Å²) in [7, 11) is 0. The molecular weight excluding hydrogens is 513 g/mol. The Morgan fingerprint density at radius 2 is 2.16 bits per heavy atom. The average Bonchev–Trinajstić information content (AvgIpc) is 3.52. The van der Waals surface area contributed by atoms with E-state index in [2.05, 4.69) is 15.0 Å². The molecule has 0 saturated carbocycles. The third kappa shape index (κ3) is 3.89. The van der Waals surface area contributed by atoms with Gasteiger partial charge in [0, 0.05) is 47.4 Å². The summed E-state index contributed by atoms with van der Waals surface area (Å²) in [5.41, 5.74) is 7.49. The Morgan fingerprint density at radius 3 is 2.97 bits per heavy atom. The molecule has 6 rings (SSSR count). The molecular formula is C27H21ClFN5O4. The Labute approximate surface area is 220 Å². The van der Waals surface area contributed by atoms with E-state index in [1.165, 1.54) is 12.3 Å². The molecule has 5 aromatic rings. The molecule has 0 amide bonds. The predicted octanol–water partition coefficient (Wildman–Crippen LogP) is 3.83. The van der Waals surface area contributed by atoms with Crippen LogP contribution in [0.1, 0.15) is 21.6 Å². The van der Waals surface area contributed by atoms with Gasteiger partial charge in [0.2, 0.25) is 0 Å². The van der Waals surface area contributed by atoms with E-state index in [-0.39, 0.29) is 48.3 Å². The number of pyridine rings is 3. The van der Waals surface area contributed by atoms with Crippen LogP contribution in [0, 0.1) is 5.82 Å². The first-order valence-electron chi connectivity index (χ1n) is 11.9. The molecule has 9 nitrogen and oxygen atoms in total. The Balaban J connectivity index is 1.69. The highest BCUT2D eigenvalue weighted by Gasteiger charge is 2.33. The molecule has 0 aliphatic carbocycles. The first-order valence-corrected chi connectivity index (χ1v) is 12.3. The van der Waals surface area contributed by atoms with Crippen molar-refractivity contribution < 1.29 is 18.7 Å². The summed E-state index contributed by atoms with van der Waals surface area (Å²) in [6, 6.07) is 10.0. The molecule has 1 aromatic carbocycles. The lowest BCUT2D eigenvalue weighted by Gasteiger charge is -2.13. The number of ether oxygens (including phenoxy) is 2. The molecule has 0 bridgehead atoms. The van der Waals surface area contributed by atoms with Crippen LogP contribution in [0.25, 0.3) is 33.1 Å². The van der Waals surface area contributed by atoms with Crippen LogP contribution >= 0.6 is 11.6 Å². The van der Waals surface area contributed by atoms with Crippen molar-refractivity contribution in [1.82, 2.24) is 19.5 Å². The van der Waals surface area contributed by atoms with Crippen LogP contribution in [-0.2, 0) is 17.7 Å². The largest absolute Gasteiger partial charge is 0.492 e. The number of esters is 1. The zero-order valence-corrected chi connectivity index (χ0v) is 20.7. The minimum Gasteiger partial charge on any atom is -0.492 e. The maximum atomic E-state index is 15.3. The molecule has 38 heavy (non-hydrogen) atoms. The number of aromatic nitrogens is 4. The Kier molecular flexibility index (Phi) is 6.05. The quantitative estimate of drug-likeness (QED) is 0.251. The van der Waals surface area contributed by atoms with Crippen LogP contribution in [0.15, 0.2) is 53.6 Å². The van der Waals surface area contributed by atoms with Gasteiger partial charge in [0.15, 0.2) is 5.65 Å². The lowest BCUT2D eigenvalue weighted by molar-refractivity contribution is 0.0506. The fraction of sp³-hybridized carbons (Fsp3) is 0.185. The van der Waals surface area contributed by atoms with Crippen molar-refractivity contribution in [2.75, 3.05) is 19.8 Å². The van der Waals surface area contributed by atoms with Gasteiger partial charge in [-0.05, 0) is 36.4 Å². The lowest BCUT2D eigenvalue weighted by Crippen LogP contribution is -2.19. The summed E-state index contributed by atoms with van der Waals surface area (Å²) in [4.78, 5) is 37.8. The van der Waals surface area contributed by atoms with Gasteiger partial charge in [0.1, 0.15) is 29.0 Å². The fourth-order valence-electron chi connectivity index (χ4n) is 4.92. The molecule has 0 saturated heterocycles. The van der Waals surface area contributed by atoms with Crippen LogP contribution < -0.4 is 16.0 Å². The van der Waals surface area contributed by atoms with E-state index in [1.54, 1.807) is 29.0 Å². The third-order valence-corrected chi connectivity index (χ3v) is 6.86. The summed E-state index contributed by atoms with van der Waals surface area (Å²) in [5, 5.41) is 1.36. The van der Waals surface area contributed by atoms with Gasteiger partial charge >= 0.3 is 5.97 Å². The van der Waals surface area contributed by atoms with Gasteiger partial charge in [0.25, 0.3) is 5.56 Å². The van der Waals surface area contributed by atoms with Crippen LogP contribution in [0.5, 0.6) is 5.75 Å². The number of hydrogen-bond acceptors (Lipinski definition) is 7. The van der Waals surface area contributed by atoms with E-state index in [4.69, 9.17) is 26.8 Å². The SMILES string of the molecule is NCCOC(=O)c1c(-c2ccc[nH]c2=O)c2c3c(c(F)cc2n1Cc1cc2cccnc2nc1Cl)CCO3. The summed E-state index contributed by atoms with van der Waals surface area (Å²) < 4.78 is 28.2. The number of carbonyl (C=O) groups excluding carboxylic acids is 1. The first kappa shape index (κ1) is 24.1. The van der Waals surface area contributed by atoms with Crippen LogP contribution in [0.3, 0.4) is 0 Å². The zero-order valence-electron chi connectivity index (χ0n) is 20.0. The standard InChI is InChI=1S/C27H21ClFN5O4/c28-24-15(11-14-3-1-7-31-25(14)33-24)13-34-19-12-18(29)16-5-9-37-23(16)21(19)20(17-4-2-8-32-26(17)35)22(34)27(36)38-10-6-30/h1-4,7-8,11-12H,5-6,9-10,13,30H2,(H,32,35).